The molecule has 1 unspecified atom stereocenters. The van der Waals surface area contributed by atoms with Crippen LogP contribution in [0.5, 0.6) is 34.5 Å². The van der Waals surface area contributed by atoms with Crippen molar-refractivity contribution in [3.63, 3.8) is 0 Å². The lowest BCUT2D eigenvalue weighted by atomic mass is 9.68. The van der Waals surface area contributed by atoms with Crippen LogP contribution in [0.1, 0.15) is 126 Å². The Kier molecular flexibility index (Phi) is 17.0. The largest absolute Gasteiger partial charge is 0.497 e. The summed E-state index contributed by atoms with van der Waals surface area (Å²) in [4.78, 5) is 0. The maximum atomic E-state index is 12.3. The Bertz CT molecular complexity index is 4450. The zero-order valence-corrected chi connectivity index (χ0v) is 53.6. The van der Waals surface area contributed by atoms with E-state index in [2.05, 4.69) is 281 Å². The van der Waals surface area contributed by atoms with E-state index in [4.69, 9.17) is 18.9 Å². The molecule has 12 aromatic carbocycles. The quantitative estimate of drug-likeness (QED) is 0.0647. The minimum absolute atomic E-state index is 0.425. The van der Waals surface area contributed by atoms with Crippen LogP contribution < -0.4 is 18.9 Å². The summed E-state index contributed by atoms with van der Waals surface area (Å²) >= 11 is 0. The number of hydrogen-bond acceptors (Lipinski definition) is 5. The van der Waals surface area contributed by atoms with Gasteiger partial charge in [0.25, 0.3) is 0 Å². The fraction of sp³-hybridized carbons (Fsp3) is 0.182. The molecule has 0 saturated carbocycles. The van der Waals surface area contributed by atoms with Crippen molar-refractivity contribution in [2.24, 2.45) is 0 Å². The molecule has 1 atom stereocenters. The van der Waals surface area contributed by atoms with Crippen molar-refractivity contribution in [3.05, 3.63) is 346 Å². The van der Waals surface area contributed by atoms with Gasteiger partial charge in [-0.2, -0.15) is 0 Å². The van der Waals surface area contributed by atoms with Crippen molar-refractivity contribution in [1.82, 2.24) is 0 Å². The number of benzene rings is 12. The molecular formula is C88H78O5. The van der Waals surface area contributed by atoms with Gasteiger partial charge in [-0.15, -0.1) is 0 Å². The highest BCUT2D eigenvalue weighted by molar-refractivity contribution is 5.88. The first-order chi connectivity index (χ1) is 45.6. The first kappa shape index (κ1) is 60.4. The maximum Gasteiger partial charge on any atom is 0.133 e. The number of hydrogen-bond donors (Lipinski definition) is 1. The van der Waals surface area contributed by atoms with E-state index in [1.54, 1.807) is 7.11 Å². The van der Waals surface area contributed by atoms with Crippen LogP contribution in [0.3, 0.4) is 0 Å². The van der Waals surface area contributed by atoms with Gasteiger partial charge in [0.2, 0.25) is 0 Å². The van der Waals surface area contributed by atoms with Gasteiger partial charge in [0.15, 0.2) is 0 Å². The predicted octanol–water partition coefficient (Wildman–Crippen LogP) is 22.6. The summed E-state index contributed by atoms with van der Waals surface area (Å²) in [7, 11) is 1.71. The minimum Gasteiger partial charge on any atom is -0.497 e. The molecule has 0 saturated heterocycles. The zero-order chi connectivity index (χ0) is 63.4. The summed E-state index contributed by atoms with van der Waals surface area (Å²) in [5.74, 6) is 4.54. The van der Waals surface area contributed by atoms with Gasteiger partial charge in [0, 0.05) is 5.56 Å². The molecule has 2 aliphatic carbocycles. The minimum atomic E-state index is -1.09. The Morgan fingerprint density at radius 1 is 0.366 bits per heavy atom. The molecule has 2 aliphatic rings. The van der Waals surface area contributed by atoms with Crippen LogP contribution in [0.15, 0.2) is 285 Å². The van der Waals surface area contributed by atoms with Gasteiger partial charge >= 0.3 is 0 Å². The number of aliphatic hydroxyl groups is 1. The van der Waals surface area contributed by atoms with Gasteiger partial charge in [-0.1, -0.05) is 270 Å². The van der Waals surface area contributed by atoms with Gasteiger partial charge < -0.3 is 24.1 Å². The lowest BCUT2D eigenvalue weighted by molar-refractivity contribution is 0.0428. The second-order valence-electron chi connectivity index (χ2n) is 25.4. The number of aryl methyl sites for hydroxylation is 1. The standard InChI is InChI=1S/C88H78O5/c1-5-6-7-8-9-10-19-58-86(3,89)84-59-66(65-32-28-61(2)29-33-65)38-57-85(84)93-75-55-45-70(46-56-75)88(82-26-17-13-22-78(82)79-23-14-18-27-83(79)88)68-41-51-72(52-42-68)91-60-62-30-34-63(35-31-62)64-36-47-73(48-37-64)92-74-53-43-69(44-54-74)87(67-39-49-71(90-4)50-40-67)80-24-15-11-20-76(80)77-21-12-16-25-81(77)87/h11-18,20-57,59,89H,5-10,19,58,60H2,1-4H3. The molecule has 0 aliphatic heterocycles. The molecule has 14 rings (SSSR count). The third-order valence-corrected chi connectivity index (χ3v) is 19.5. The lowest BCUT2D eigenvalue weighted by Gasteiger charge is -2.34. The maximum absolute atomic E-state index is 12.3. The number of unbranched alkanes of at least 4 members (excludes halogenated alkanes) is 6. The van der Waals surface area contributed by atoms with Gasteiger partial charge in [-0.05, 0) is 188 Å². The summed E-state index contributed by atoms with van der Waals surface area (Å²) in [6, 6.07) is 101. The van der Waals surface area contributed by atoms with Crippen LogP contribution >= 0.6 is 0 Å². The van der Waals surface area contributed by atoms with E-state index in [1.807, 2.05) is 25.1 Å². The van der Waals surface area contributed by atoms with Gasteiger partial charge in [0.1, 0.15) is 41.1 Å². The number of rotatable bonds is 23. The monoisotopic (exact) mass is 1210 g/mol. The van der Waals surface area contributed by atoms with E-state index in [9.17, 15) is 5.11 Å². The highest BCUT2D eigenvalue weighted by atomic mass is 16.5. The van der Waals surface area contributed by atoms with Crippen molar-refractivity contribution in [2.45, 2.75) is 95.2 Å². The summed E-state index contributed by atoms with van der Waals surface area (Å²) in [6.07, 6.45) is 8.94. The molecule has 5 heteroatoms. The number of ether oxygens (including phenoxy) is 4. The van der Waals surface area contributed by atoms with Crippen molar-refractivity contribution >= 4 is 0 Å². The Labute approximate surface area is 548 Å². The van der Waals surface area contributed by atoms with E-state index in [1.165, 1.54) is 93.3 Å². The fourth-order valence-corrected chi connectivity index (χ4v) is 14.7. The number of fused-ring (bicyclic) bond motifs is 6. The van der Waals surface area contributed by atoms with Crippen LogP contribution in [-0.2, 0) is 23.0 Å². The molecule has 0 spiro atoms. The SMILES string of the molecule is CCCCCCCCCC(C)(O)c1cc(-c2ccc(C)cc2)ccc1Oc1ccc(C2(c3ccc(OCc4ccc(-c5ccc(Oc6ccc(C7(c8ccc(OC)cc8)c8ccccc8-c8ccccc87)cc6)cc5)cc4)cc3)c3ccccc3-c3ccccc32)cc1. The van der Waals surface area contributed by atoms with Crippen LogP contribution in [0.4, 0.5) is 0 Å². The average molecular weight is 1220 g/mol. The molecule has 460 valence electrons. The van der Waals surface area contributed by atoms with Crippen molar-refractivity contribution in [1.29, 1.82) is 0 Å². The lowest BCUT2D eigenvalue weighted by Crippen LogP contribution is -2.28. The van der Waals surface area contributed by atoms with Gasteiger partial charge in [-0.25, -0.2) is 0 Å². The van der Waals surface area contributed by atoms with Crippen LogP contribution in [0.2, 0.25) is 0 Å². The normalized spacial score (nSPS) is 13.6. The number of methoxy groups -OCH3 is 1. The van der Waals surface area contributed by atoms with Crippen molar-refractivity contribution < 1.29 is 24.1 Å². The molecule has 0 bridgehead atoms. The Morgan fingerprint density at radius 3 is 1.19 bits per heavy atom. The highest BCUT2D eigenvalue weighted by Crippen LogP contribution is 2.58. The molecule has 12 aromatic rings. The molecule has 93 heavy (non-hydrogen) atoms. The molecule has 0 fully saturated rings. The summed E-state index contributed by atoms with van der Waals surface area (Å²) < 4.78 is 25.5. The topological polar surface area (TPSA) is 57.2 Å². The first-order valence-corrected chi connectivity index (χ1v) is 33.1. The fourth-order valence-electron chi connectivity index (χ4n) is 14.7. The van der Waals surface area contributed by atoms with Crippen molar-refractivity contribution in [2.75, 3.05) is 7.11 Å². The van der Waals surface area contributed by atoms with E-state index < -0.39 is 16.4 Å². The van der Waals surface area contributed by atoms with Crippen molar-refractivity contribution in [3.8, 4) is 79.0 Å². The van der Waals surface area contributed by atoms with E-state index in [0.717, 1.165) is 80.3 Å². The second-order valence-corrected chi connectivity index (χ2v) is 25.4. The van der Waals surface area contributed by atoms with Gasteiger partial charge in [-0.3, -0.25) is 0 Å². The average Bonchev–Trinajstić information content (AvgIpc) is 1.57. The van der Waals surface area contributed by atoms with Crippen LogP contribution in [0.25, 0.3) is 44.5 Å². The Hall–Kier alpha value is -10.2. The third-order valence-electron chi connectivity index (χ3n) is 19.5. The second kappa shape index (κ2) is 26.2. The Balaban J connectivity index is 0.668. The summed E-state index contributed by atoms with van der Waals surface area (Å²) in [5.41, 5.74) is 19.8. The summed E-state index contributed by atoms with van der Waals surface area (Å²) in [6.45, 7) is 6.74. The smallest absolute Gasteiger partial charge is 0.133 e. The molecule has 0 heterocycles. The molecule has 1 N–H and O–H groups in total. The van der Waals surface area contributed by atoms with E-state index >= 15 is 0 Å². The highest BCUT2D eigenvalue weighted by Gasteiger charge is 2.47. The zero-order valence-electron chi connectivity index (χ0n) is 53.6. The van der Waals surface area contributed by atoms with Crippen LogP contribution in [-0.4, -0.2) is 12.2 Å². The molecule has 0 radical (unpaired) electrons. The Morgan fingerprint density at radius 2 is 0.731 bits per heavy atom. The molecule has 0 aromatic heterocycles. The van der Waals surface area contributed by atoms with E-state index in [0.29, 0.717) is 24.5 Å². The molecule has 0 amide bonds. The van der Waals surface area contributed by atoms with Crippen LogP contribution in [0, 0.1) is 6.92 Å². The predicted molar refractivity (Wildman–Crippen MR) is 379 cm³/mol. The third kappa shape index (κ3) is 11.6. The molecular weight excluding hydrogens is 1140 g/mol. The molecule has 5 nitrogen and oxygen atoms in total. The first-order valence-electron chi connectivity index (χ1n) is 33.1. The van der Waals surface area contributed by atoms with Gasteiger partial charge in [0.05, 0.1) is 23.5 Å². The van der Waals surface area contributed by atoms with E-state index in [-0.39, 0.29) is 0 Å². The summed E-state index contributed by atoms with van der Waals surface area (Å²) in [5, 5.41) is 12.3.